The standard InChI is InChI=1S/C20H25N3O3S2/c1-20-11-10-15(14-16(20)19(24)27-22(20)2)28(25,26)21-17-8-4-5-9-18(17)23-12-6-3-7-13-23/h4-5,8-10,14,21H,3,6-7,11-13H2,1-2H3. The summed E-state index contributed by atoms with van der Waals surface area (Å²) >= 11 is 1.13. The minimum atomic E-state index is -3.78. The van der Waals surface area contributed by atoms with Gasteiger partial charge in [-0.25, -0.2) is 12.7 Å². The van der Waals surface area contributed by atoms with Crippen molar-refractivity contribution in [2.45, 2.75) is 38.1 Å². The van der Waals surface area contributed by atoms with Crippen LogP contribution in [-0.2, 0) is 14.8 Å². The maximum Gasteiger partial charge on any atom is 0.261 e. The molecule has 1 aromatic rings. The zero-order valence-corrected chi connectivity index (χ0v) is 17.8. The van der Waals surface area contributed by atoms with Gasteiger partial charge < -0.3 is 4.90 Å². The van der Waals surface area contributed by atoms with Crippen molar-refractivity contribution in [3.8, 4) is 0 Å². The quantitative estimate of drug-likeness (QED) is 0.753. The van der Waals surface area contributed by atoms with E-state index < -0.39 is 15.6 Å². The fraction of sp³-hybridized carbons (Fsp3) is 0.450. The molecule has 2 fully saturated rings. The fourth-order valence-electron chi connectivity index (χ4n) is 3.98. The van der Waals surface area contributed by atoms with E-state index in [4.69, 9.17) is 0 Å². The van der Waals surface area contributed by atoms with Crippen molar-refractivity contribution in [3.63, 3.8) is 0 Å². The van der Waals surface area contributed by atoms with E-state index >= 15 is 0 Å². The van der Waals surface area contributed by atoms with Gasteiger partial charge in [0, 0.05) is 30.6 Å². The average molecular weight is 420 g/mol. The number of nitrogens with one attached hydrogen (secondary N) is 1. The number of hydrogen-bond donors (Lipinski definition) is 1. The highest BCUT2D eigenvalue weighted by molar-refractivity contribution is 8.12. The molecule has 0 bridgehead atoms. The van der Waals surface area contributed by atoms with E-state index in [0.717, 1.165) is 43.6 Å². The number of likely N-dealkylation sites (N-methyl/N-ethyl adjacent to an activating group) is 1. The van der Waals surface area contributed by atoms with Gasteiger partial charge in [-0.3, -0.25) is 9.52 Å². The Hall–Kier alpha value is -1.77. The molecule has 8 heteroatoms. The number of allylic oxidation sites excluding steroid dienone is 1. The third kappa shape index (κ3) is 3.38. The lowest BCUT2D eigenvalue weighted by Gasteiger charge is -2.33. The Morgan fingerprint density at radius 1 is 1.14 bits per heavy atom. The molecule has 4 rings (SSSR count). The molecule has 0 spiro atoms. The molecule has 150 valence electrons. The maximum atomic E-state index is 13.1. The SMILES string of the molecule is CN1SC(=O)C2=CC(S(=O)(=O)Nc3ccccc3N3CCCCC3)=CCC21C. The summed E-state index contributed by atoms with van der Waals surface area (Å²) in [6.45, 7) is 3.83. The van der Waals surface area contributed by atoms with Crippen LogP contribution < -0.4 is 9.62 Å². The Balaban J connectivity index is 1.62. The number of carbonyl (C=O) groups is 1. The van der Waals surface area contributed by atoms with Gasteiger partial charge in [-0.05, 0) is 57.9 Å². The van der Waals surface area contributed by atoms with Gasteiger partial charge in [0.15, 0.2) is 0 Å². The van der Waals surface area contributed by atoms with E-state index in [1.54, 1.807) is 12.1 Å². The number of carbonyl (C=O) groups excluding carboxylic acids is 1. The molecule has 2 saturated heterocycles. The molecule has 0 saturated carbocycles. The first kappa shape index (κ1) is 19.5. The second-order valence-corrected chi connectivity index (χ2v) is 10.5. The van der Waals surface area contributed by atoms with Crippen LogP contribution in [0.1, 0.15) is 32.6 Å². The molecule has 1 unspecified atom stereocenters. The van der Waals surface area contributed by atoms with Crippen molar-refractivity contribution in [1.29, 1.82) is 0 Å². The number of benzene rings is 1. The summed E-state index contributed by atoms with van der Waals surface area (Å²) in [5.74, 6) is 0. The molecule has 0 amide bonds. The first-order valence-corrected chi connectivity index (χ1v) is 11.8. The number of piperidine rings is 1. The average Bonchev–Trinajstić information content (AvgIpc) is 2.91. The van der Waals surface area contributed by atoms with Gasteiger partial charge in [-0.2, -0.15) is 0 Å². The van der Waals surface area contributed by atoms with Crippen molar-refractivity contribution >= 4 is 38.5 Å². The van der Waals surface area contributed by atoms with Crippen LogP contribution in [0.4, 0.5) is 11.4 Å². The summed E-state index contributed by atoms with van der Waals surface area (Å²) in [4.78, 5) is 14.7. The number of fused-ring (bicyclic) bond motifs is 1. The molecule has 6 nitrogen and oxygen atoms in total. The summed E-state index contributed by atoms with van der Waals surface area (Å²) in [7, 11) is -1.91. The highest BCUT2D eigenvalue weighted by Gasteiger charge is 2.47. The minimum Gasteiger partial charge on any atom is -0.370 e. The molecule has 28 heavy (non-hydrogen) atoms. The van der Waals surface area contributed by atoms with Gasteiger partial charge in [0.1, 0.15) is 0 Å². The van der Waals surface area contributed by atoms with Gasteiger partial charge in [0.25, 0.3) is 10.0 Å². The second kappa shape index (κ2) is 7.24. The molecule has 2 aliphatic heterocycles. The molecule has 1 atom stereocenters. The predicted octanol–water partition coefficient (Wildman–Crippen LogP) is 3.51. The zero-order chi connectivity index (χ0) is 19.9. The molecule has 0 aromatic heterocycles. The number of sulfonamides is 1. The van der Waals surface area contributed by atoms with Crippen LogP contribution in [0.3, 0.4) is 0 Å². The molecule has 2 heterocycles. The van der Waals surface area contributed by atoms with E-state index in [9.17, 15) is 13.2 Å². The first-order valence-electron chi connectivity index (χ1n) is 9.56. The van der Waals surface area contributed by atoms with Gasteiger partial charge in [0.2, 0.25) is 5.12 Å². The van der Waals surface area contributed by atoms with Crippen LogP contribution in [0.15, 0.2) is 46.9 Å². The monoisotopic (exact) mass is 419 g/mol. The van der Waals surface area contributed by atoms with Gasteiger partial charge in [0.05, 0.1) is 21.8 Å². The lowest BCUT2D eigenvalue weighted by atomic mass is 9.86. The normalized spacial score (nSPS) is 25.9. The van der Waals surface area contributed by atoms with E-state index in [-0.39, 0.29) is 10.0 Å². The van der Waals surface area contributed by atoms with E-state index in [0.29, 0.717) is 17.7 Å². The third-order valence-electron chi connectivity index (χ3n) is 5.86. The molecule has 1 N–H and O–H groups in total. The molecule has 1 aliphatic carbocycles. The fourth-order valence-corrected chi connectivity index (χ4v) is 6.13. The maximum absolute atomic E-state index is 13.1. The van der Waals surface area contributed by atoms with Crippen molar-refractivity contribution in [1.82, 2.24) is 4.31 Å². The van der Waals surface area contributed by atoms with E-state index in [2.05, 4.69) is 9.62 Å². The summed E-state index contributed by atoms with van der Waals surface area (Å²) in [5, 5.41) is -0.0838. The Morgan fingerprint density at radius 2 is 1.86 bits per heavy atom. The van der Waals surface area contributed by atoms with Crippen LogP contribution in [-0.4, -0.2) is 43.5 Å². The Labute approximate surface area is 170 Å². The number of para-hydroxylation sites is 2. The molecule has 3 aliphatic rings. The Kier molecular flexibility index (Phi) is 5.05. The highest BCUT2D eigenvalue weighted by atomic mass is 32.2. The third-order valence-corrected chi connectivity index (χ3v) is 8.31. The van der Waals surface area contributed by atoms with Gasteiger partial charge in [-0.15, -0.1) is 0 Å². The number of nitrogens with zero attached hydrogens (tertiary/aromatic N) is 2. The second-order valence-electron chi connectivity index (χ2n) is 7.69. The number of hydrogen-bond acceptors (Lipinski definition) is 6. The van der Waals surface area contributed by atoms with Crippen molar-refractivity contribution in [3.05, 3.63) is 46.9 Å². The van der Waals surface area contributed by atoms with Gasteiger partial charge >= 0.3 is 0 Å². The molecular formula is C20H25N3O3S2. The summed E-state index contributed by atoms with van der Waals surface area (Å²) in [6.07, 6.45) is 7.18. The van der Waals surface area contributed by atoms with Crippen LogP contribution >= 0.6 is 11.9 Å². The molecule has 1 aromatic carbocycles. The topological polar surface area (TPSA) is 69.7 Å². The summed E-state index contributed by atoms with van der Waals surface area (Å²) in [5.41, 5.74) is 1.59. The lowest BCUT2D eigenvalue weighted by molar-refractivity contribution is -0.107. The van der Waals surface area contributed by atoms with Crippen LogP contribution in [0.5, 0.6) is 0 Å². The summed E-state index contributed by atoms with van der Waals surface area (Å²) < 4.78 is 30.9. The minimum absolute atomic E-state index is 0.0838. The smallest absolute Gasteiger partial charge is 0.261 e. The number of rotatable bonds is 4. The lowest BCUT2D eigenvalue weighted by Crippen LogP contribution is -2.38. The van der Waals surface area contributed by atoms with Crippen molar-refractivity contribution < 1.29 is 13.2 Å². The number of anilines is 2. The van der Waals surface area contributed by atoms with Crippen molar-refractivity contribution in [2.75, 3.05) is 29.8 Å². The van der Waals surface area contributed by atoms with E-state index in [1.165, 1.54) is 12.5 Å². The highest BCUT2D eigenvalue weighted by Crippen LogP contribution is 2.46. The molecule has 0 radical (unpaired) electrons. The van der Waals surface area contributed by atoms with Gasteiger partial charge in [-0.1, -0.05) is 18.2 Å². The van der Waals surface area contributed by atoms with Crippen LogP contribution in [0.25, 0.3) is 0 Å². The Morgan fingerprint density at radius 3 is 2.61 bits per heavy atom. The largest absolute Gasteiger partial charge is 0.370 e. The molecular weight excluding hydrogens is 394 g/mol. The first-order chi connectivity index (χ1) is 13.3. The zero-order valence-electron chi connectivity index (χ0n) is 16.1. The predicted molar refractivity (Wildman–Crippen MR) is 115 cm³/mol. The van der Waals surface area contributed by atoms with Crippen LogP contribution in [0, 0.1) is 0 Å². The Bertz CT molecular complexity index is 965. The van der Waals surface area contributed by atoms with E-state index in [1.807, 2.05) is 36.5 Å². The van der Waals surface area contributed by atoms with Crippen LogP contribution in [0.2, 0.25) is 0 Å². The van der Waals surface area contributed by atoms with Crippen molar-refractivity contribution in [2.24, 2.45) is 0 Å². The summed E-state index contributed by atoms with van der Waals surface area (Å²) in [6, 6.07) is 7.52.